The summed E-state index contributed by atoms with van der Waals surface area (Å²) in [6.45, 7) is 6.03. The summed E-state index contributed by atoms with van der Waals surface area (Å²) in [5, 5.41) is 3.36. The van der Waals surface area contributed by atoms with Gasteiger partial charge >= 0.3 is 0 Å². The van der Waals surface area contributed by atoms with Gasteiger partial charge in [-0.25, -0.2) is 0 Å². The Bertz CT molecular complexity index is 306. The molecule has 1 unspecified atom stereocenters. The Balaban J connectivity index is 2.31. The molecule has 0 spiro atoms. The highest BCUT2D eigenvalue weighted by Gasteiger charge is 2.06. The predicted molar refractivity (Wildman–Crippen MR) is 69.5 cm³/mol. The van der Waals surface area contributed by atoms with Gasteiger partial charge in [0.2, 0.25) is 0 Å². The minimum atomic E-state index is 0.568. The average molecular weight is 218 g/mol. The fraction of sp³-hybridized carbons (Fsp3) is 0.500. The first-order valence-corrected chi connectivity index (χ1v) is 5.94. The largest absolute Gasteiger partial charge is 0.317 e. The van der Waals surface area contributed by atoms with Crippen LogP contribution in [-0.2, 0) is 6.42 Å². The van der Waals surface area contributed by atoms with Gasteiger partial charge in [0.1, 0.15) is 0 Å². The van der Waals surface area contributed by atoms with Crippen LogP contribution in [0.4, 0.5) is 0 Å². The molecule has 0 aliphatic rings. The van der Waals surface area contributed by atoms with E-state index in [0.717, 1.165) is 19.3 Å². The number of allylic oxidation sites excluding steroid dienone is 1. The molecule has 1 N–H and O–H groups in total. The lowest BCUT2D eigenvalue weighted by atomic mass is 10.0. The molecular formula is C14H22N2. The molecule has 0 aliphatic heterocycles. The number of hydrogen-bond acceptors (Lipinski definition) is 2. The molecule has 1 atom stereocenters. The van der Waals surface area contributed by atoms with Crippen molar-refractivity contribution >= 4 is 0 Å². The molecule has 1 aromatic rings. The highest BCUT2D eigenvalue weighted by molar-refractivity contribution is 5.03. The highest BCUT2D eigenvalue weighted by atomic mass is 14.9. The molecule has 2 heteroatoms. The van der Waals surface area contributed by atoms with E-state index in [1.54, 1.807) is 0 Å². The second-order valence-corrected chi connectivity index (χ2v) is 4.34. The van der Waals surface area contributed by atoms with Gasteiger partial charge in [-0.15, -0.1) is 6.58 Å². The topological polar surface area (TPSA) is 24.9 Å². The van der Waals surface area contributed by atoms with E-state index >= 15 is 0 Å². The predicted octanol–water partition coefficient (Wildman–Crippen LogP) is 2.96. The molecule has 88 valence electrons. The molecule has 0 bridgehead atoms. The minimum Gasteiger partial charge on any atom is -0.317 e. The third-order valence-corrected chi connectivity index (χ3v) is 2.80. The Morgan fingerprint density at radius 3 is 2.81 bits per heavy atom. The summed E-state index contributed by atoms with van der Waals surface area (Å²) >= 11 is 0. The maximum Gasteiger partial charge on any atom is 0.0404 e. The van der Waals surface area contributed by atoms with Crippen molar-refractivity contribution in [3.05, 3.63) is 42.2 Å². The first-order valence-electron chi connectivity index (χ1n) is 5.94. The van der Waals surface area contributed by atoms with Gasteiger partial charge in [-0.1, -0.05) is 11.6 Å². The Morgan fingerprint density at radius 2 is 2.25 bits per heavy atom. The summed E-state index contributed by atoms with van der Waals surface area (Å²) in [6.07, 6.45) is 6.31. The Labute approximate surface area is 98.8 Å². The Kier molecular flexibility index (Phi) is 5.79. The third-order valence-electron chi connectivity index (χ3n) is 2.80. The second-order valence-electron chi connectivity index (χ2n) is 4.34. The van der Waals surface area contributed by atoms with Gasteiger partial charge in [0.15, 0.2) is 0 Å². The molecule has 0 aromatic carbocycles. The van der Waals surface area contributed by atoms with E-state index in [0.29, 0.717) is 6.04 Å². The molecular weight excluding hydrogens is 196 g/mol. The van der Waals surface area contributed by atoms with Crippen molar-refractivity contribution in [2.45, 2.75) is 38.6 Å². The summed E-state index contributed by atoms with van der Waals surface area (Å²) in [5.41, 5.74) is 2.44. The van der Waals surface area contributed by atoms with E-state index in [9.17, 15) is 0 Å². The SMILES string of the molecule is C=C(C)CCC(CCc1ccccn1)NC. The van der Waals surface area contributed by atoms with Gasteiger partial charge in [-0.3, -0.25) is 4.98 Å². The van der Waals surface area contributed by atoms with E-state index in [1.165, 1.54) is 17.7 Å². The van der Waals surface area contributed by atoms with Crippen molar-refractivity contribution < 1.29 is 0 Å². The minimum absolute atomic E-state index is 0.568. The van der Waals surface area contributed by atoms with Crippen LogP contribution in [-0.4, -0.2) is 18.1 Å². The van der Waals surface area contributed by atoms with Gasteiger partial charge in [0.05, 0.1) is 0 Å². The monoisotopic (exact) mass is 218 g/mol. The zero-order chi connectivity index (χ0) is 11.8. The number of nitrogens with one attached hydrogen (secondary N) is 1. The van der Waals surface area contributed by atoms with E-state index < -0.39 is 0 Å². The van der Waals surface area contributed by atoms with Crippen molar-refractivity contribution in [3.8, 4) is 0 Å². The van der Waals surface area contributed by atoms with Gasteiger partial charge in [0, 0.05) is 17.9 Å². The number of pyridine rings is 1. The summed E-state index contributed by atoms with van der Waals surface area (Å²) in [5.74, 6) is 0. The van der Waals surface area contributed by atoms with Gasteiger partial charge in [-0.2, -0.15) is 0 Å². The molecule has 1 heterocycles. The van der Waals surface area contributed by atoms with E-state index in [-0.39, 0.29) is 0 Å². The zero-order valence-corrected chi connectivity index (χ0v) is 10.4. The maximum absolute atomic E-state index is 4.33. The zero-order valence-electron chi connectivity index (χ0n) is 10.4. The lowest BCUT2D eigenvalue weighted by molar-refractivity contribution is 0.486. The van der Waals surface area contributed by atoms with E-state index in [1.807, 2.05) is 25.4 Å². The quantitative estimate of drug-likeness (QED) is 0.712. The first-order chi connectivity index (χ1) is 7.72. The van der Waals surface area contributed by atoms with Crippen LogP contribution in [0.1, 0.15) is 31.9 Å². The highest BCUT2D eigenvalue weighted by Crippen LogP contribution is 2.10. The van der Waals surface area contributed by atoms with Crippen molar-refractivity contribution in [1.82, 2.24) is 10.3 Å². The molecule has 0 amide bonds. The van der Waals surface area contributed by atoms with Crippen LogP contribution in [0.3, 0.4) is 0 Å². The van der Waals surface area contributed by atoms with Crippen LogP contribution in [0.25, 0.3) is 0 Å². The van der Waals surface area contributed by atoms with Gasteiger partial charge in [-0.05, 0) is 51.8 Å². The summed E-state index contributed by atoms with van der Waals surface area (Å²) in [4.78, 5) is 4.33. The molecule has 1 aromatic heterocycles. The van der Waals surface area contributed by atoms with Crippen LogP contribution in [0.2, 0.25) is 0 Å². The number of aromatic nitrogens is 1. The Hall–Kier alpha value is -1.15. The summed E-state index contributed by atoms with van der Waals surface area (Å²) < 4.78 is 0. The maximum atomic E-state index is 4.33. The van der Waals surface area contributed by atoms with Crippen LogP contribution in [0, 0.1) is 0 Å². The molecule has 0 radical (unpaired) electrons. The van der Waals surface area contributed by atoms with Crippen LogP contribution in [0.15, 0.2) is 36.5 Å². The molecule has 0 aliphatic carbocycles. The van der Waals surface area contributed by atoms with Crippen molar-refractivity contribution in [3.63, 3.8) is 0 Å². The van der Waals surface area contributed by atoms with E-state index in [4.69, 9.17) is 0 Å². The number of nitrogens with zero attached hydrogens (tertiary/aromatic N) is 1. The van der Waals surface area contributed by atoms with Crippen molar-refractivity contribution in [1.29, 1.82) is 0 Å². The molecule has 1 rings (SSSR count). The first kappa shape index (κ1) is 12.9. The van der Waals surface area contributed by atoms with Crippen molar-refractivity contribution in [2.75, 3.05) is 7.05 Å². The average Bonchev–Trinajstić information content (AvgIpc) is 2.30. The summed E-state index contributed by atoms with van der Waals surface area (Å²) in [6, 6.07) is 6.66. The second kappa shape index (κ2) is 7.18. The number of hydrogen-bond donors (Lipinski definition) is 1. The smallest absolute Gasteiger partial charge is 0.0404 e. The fourth-order valence-corrected chi connectivity index (χ4v) is 1.72. The molecule has 0 saturated heterocycles. The fourth-order valence-electron chi connectivity index (χ4n) is 1.72. The lowest BCUT2D eigenvalue weighted by Crippen LogP contribution is -2.25. The number of aryl methyl sites for hydroxylation is 1. The Morgan fingerprint density at radius 1 is 1.44 bits per heavy atom. The van der Waals surface area contributed by atoms with Crippen molar-refractivity contribution in [2.24, 2.45) is 0 Å². The molecule has 0 fully saturated rings. The summed E-state index contributed by atoms with van der Waals surface area (Å²) in [7, 11) is 2.03. The van der Waals surface area contributed by atoms with Gasteiger partial charge in [0.25, 0.3) is 0 Å². The van der Waals surface area contributed by atoms with Crippen LogP contribution in [0.5, 0.6) is 0 Å². The standard InChI is InChI=1S/C14H22N2/c1-12(2)7-8-13(15-3)9-10-14-6-4-5-11-16-14/h4-6,11,13,15H,1,7-10H2,2-3H3. The van der Waals surface area contributed by atoms with Gasteiger partial charge < -0.3 is 5.32 Å². The number of rotatable bonds is 7. The van der Waals surface area contributed by atoms with E-state index in [2.05, 4.69) is 29.9 Å². The molecule has 2 nitrogen and oxygen atoms in total. The molecule has 16 heavy (non-hydrogen) atoms. The van der Waals surface area contributed by atoms with Crippen LogP contribution < -0.4 is 5.32 Å². The third kappa shape index (κ3) is 5.08. The normalized spacial score (nSPS) is 12.4. The molecule has 0 saturated carbocycles. The van der Waals surface area contributed by atoms with Crippen LogP contribution >= 0.6 is 0 Å². The lowest BCUT2D eigenvalue weighted by Gasteiger charge is -2.15.